The minimum atomic E-state index is -2.01. The molecule has 1 saturated heterocycles. The number of nitrogens with zero attached hydrogens (tertiary/aromatic N) is 3. The molecule has 0 aliphatic carbocycles. The molecule has 0 radical (unpaired) electrons. The number of hydrogen-bond donors (Lipinski definition) is 1. The first kappa shape index (κ1) is 32.1. The standard InChI is InChI=1S/C32H37N3O8/c1-3-39-27(37)19-26(36)32(38-2)30(42-22-25-17-11-6-12-18-25)28(40-20-23-13-7-4-8-14-23)29(31(43-32)34-35-33)41-21-24-15-9-5-10-16-24/h4-18,26,28-31,36H,3,19-22H2,1-2H3/t26-,28?,29?,30-,31+,32?/m0/s1. The van der Waals surface area contributed by atoms with Gasteiger partial charge in [-0.25, -0.2) is 0 Å². The average molecular weight is 592 g/mol. The van der Waals surface area contributed by atoms with Crippen LogP contribution in [0.3, 0.4) is 0 Å². The molecule has 0 saturated carbocycles. The molecule has 3 aromatic rings. The molecule has 228 valence electrons. The lowest BCUT2D eigenvalue weighted by molar-refractivity contribution is -0.395. The highest BCUT2D eigenvalue weighted by Gasteiger charge is 2.61. The normalized spacial score (nSPS) is 24.1. The van der Waals surface area contributed by atoms with Crippen LogP contribution in [0.4, 0.5) is 0 Å². The van der Waals surface area contributed by atoms with Crippen LogP contribution < -0.4 is 0 Å². The maximum atomic E-state index is 12.5. The molecule has 6 atom stereocenters. The second-order valence-corrected chi connectivity index (χ2v) is 9.90. The molecule has 11 nitrogen and oxygen atoms in total. The quantitative estimate of drug-likeness (QED) is 0.112. The summed E-state index contributed by atoms with van der Waals surface area (Å²) in [6.07, 6.45) is -6.52. The number of carbonyl (C=O) groups excluding carboxylic acids is 1. The van der Waals surface area contributed by atoms with Gasteiger partial charge in [-0.1, -0.05) is 96.1 Å². The van der Waals surface area contributed by atoms with Gasteiger partial charge in [0, 0.05) is 12.0 Å². The lowest BCUT2D eigenvalue weighted by atomic mass is 9.89. The van der Waals surface area contributed by atoms with E-state index in [0.29, 0.717) is 0 Å². The van der Waals surface area contributed by atoms with Crippen LogP contribution in [0.5, 0.6) is 0 Å². The van der Waals surface area contributed by atoms with Crippen LogP contribution in [-0.4, -0.2) is 61.2 Å². The fraction of sp³-hybridized carbons (Fsp3) is 0.406. The highest BCUT2D eigenvalue weighted by atomic mass is 16.7. The van der Waals surface area contributed by atoms with Gasteiger partial charge >= 0.3 is 5.97 Å². The molecule has 0 bridgehead atoms. The summed E-state index contributed by atoms with van der Waals surface area (Å²) in [6.45, 7) is 2.17. The molecule has 1 heterocycles. The molecular weight excluding hydrogens is 554 g/mol. The Morgan fingerprint density at radius 1 is 0.884 bits per heavy atom. The van der Waals surface area contributed by atoms with Crippen LogP contribution in [-0.2, 0) is 53.0 Å². The van der Waals surface area contributed by atoms with Crippen LogP contribution in [0.2, 0.25) is 0 Å². The van der Waals surface area contributed by atoms with Gasteiger partial charge in [0.15, 0.2) is 6.23 Å². The van der Waals surface area contributed by atoms with Gasteiger partial charge in [-0.3, -0.25) is 4.79 Å². The number of aliphatic hydroxyl groups is 1. The molecule has 0 amide bonds. The zero-order valence-corrected chi connectivity index (χ0v) is 24.2. The number of ether oxygens (including phenoxy) is 6. The number of esters is 1. The summed E-state index contributed by atoms with van der Waals surface area (Å²) >= 11 is 0. The summed E-state index contributed by atoms with van der Waals surface area (Å²) in [5.41, 5.74) is 12.1. The van der Waals surface area contributed by atoms with E-state index < -0.39 is 48.8 Å². The highest BCUT2D eigenvalue weighted by Crippen LogP contribution is 2.41. The Balaban J connectivity index is 1.76. The first-order chi connectivity index (χ1) is 21.0. The Bertz CT molecular complexity index is 1310. The Kier molecular flexibility index (Phi) is 12.1. The Morgan fingerprint density at radius 3 is 1.84 bits per heavy atom. The van der Waals surface area contributed by atoms with E-state index in [1.165, 1.54) is 7.11 Å². The van der Waals surface area contributed by atoms with Gasteiger partial charge in [0.2, 0.25) is 5.79 Å². The molecule has 1 aliphatic heterocycles. The van der Waals surface area contributed by atoms with Gasteiger partial charge in [0.25, 0.3) is 0 Å². The van der Waals surface area contributed by atoms with Gasteiger partial charge in [-0.05, 0) is 29.1 Å². The van der Waals surface area contributed by atoms with Gasteiger partial charge < -0.3 is 33.5 Å². The van der Waals surface area contributed by atoms with Gasteiger partial charge in [-0.15, -0.1) is 0 Å². The summed E-state index contributed by atoms with van der Waals surface area (Å²) in [5.74, 6) is -2.67. The Morgan fingerprint density at radius 2 is 1.37 bits per heavy atom. The molecule has 3 aromatic carbocycles. The van der Waals surface area contributed by atoms with Crippen molar-refractivity contribution in [3.05, 3.63) is 118 Å². The molecular formula is C32H37N3O8. The summed E-state index contributed by atoms with van der Waals surface area (Å²) in [4.78, 5) is 15.5. The SMILES string of the molecule is CCOC(=O)C[C@H](O)C1(OC)O[C@@H](N=[N+]=[N-])C(OCc2ccccc2)C(OCc2ccccc2)[C@@H]1OCc1ccccc1. The summed E-state index contributed by atoms with van der Waals surface area (Å²) in [7, 11) is 1.32. The van der Waals surface area contributed by atoms with E-state index in [9.17, 15) is 15.4 Å². The van der Waals surface area contributed by atoms with Crippen molar-refractivity contribution >= 4 is 5.97 Å². The third-order valence-corrected chi connectivity index (χ3v) is 7.06. The maximum Gasteiger partial charge on any atom is 0.308 e. The molecule has 1 fully saturated rings. The van der Waals surface area contributed by atoms with E-state index in [1.54, 1.807) is 6.92 Å². The fourth-order valence-electron chi connectivity index (χ4n) is 4.98. The predicted octanol–water partition coefficient (Wildman–Crippen LogP) is 5.07. The predicted molar refractivity (Wildman–Crippen MR) is 156 cm³/mol. The lowest BCUT2D eigenvalue weighted by Crippen LogP contribution is -2.70. The minimum absolute atomic E-state index is 0.0922. The monoisotopic (exact) mass is 591 g/mol. The third-order valence-electron chi connectivity index (χ3n) is 7.06. The van der Waals surface area contributed by atoms with E-state index in [-0.39, 0.29) is 26.4 Å². The topological polar surface area (TPSA) is 141 Å². The second-order valence-electron chi connectivity index (χ2n) is 9.90. The number of aliphatic hydroxyl groups excluding tert-OH is 1. The van der Waals surface area contributed by atoms with E-state index in [4.69, 9.17) is 28.4 Å². The highest BCUT2D eigenvalue weighted by molar-refractivity contribution is 5.70. The molecule has 0 aromatic heterocycles. The molecule has 11 heteroatoms. The van der Waals surface area contributed by atoms with Crippen molar-refractivity contribution in [2.75, 3.05) is 13.7 Å². The third kappa shape index (κ3) is 8.40. The Hall–Kier alpha value is -3.80. The molecule has 1 N–H and O–H groups in total. The summed E-state index contributed by atoms with van der Waals surface area (Å²) in [5, 5.41) is 15.4. The van der Waals surface area contributed by atoms with Gasteiger partial charge in [0.05, 0.1) is 32.8 Å². The van der Waals surface area contributed by atoms with Crippen LogP contribution >= 0.6 is 0 Å². The van der Waals surface area contributed by atoms with Crippen molar-refractivity contribution in [1.82, 2.24) is 0 Å². The number of methoxy groups -OCH3 is 1. The number of hydrogen-bond acceptors (Lipinski definition) is 9. The molecule has 43 heavy (non-hydrogen) atoms. The van der Waals surface area contributed by atoms with Gasteiger partial charge in [0.1, 0.15) is 24.4 Å². The molecule has 3 unspecified atom stereocenters. The molecule has 1 aliphatic rings. The summed E-state index contributed by atoms with van der Waals surface area (Å²) < 4.78 is 36.5. The van der Waals surface area contributed by atoms with Crippen LogP contribution in [0.1, 0.15) is 30.0 Å². The van der Waals surface area contributed by atoms with Crippen molar-refractivity contribution < 1.29 is 38.3 Å². The van der Waals surface area contributed by atoms with Gasteiger partial charge in [-0.2, -0.15) is 0 Å². The number of benzene rings is 3. The van der Waals surface area contributed by atoms with E-state index in [2.05, 4.69) is 10.0 Å². The van der Waals surface area contributed by atoms with Crippen molar-refractivity contribution in [3.63, 3.8) is 0 Å². The molecule has 0 spiro atoms. The van der Waals surface area contributed by atoms with Crippen molar-refractivity contribution in [3.8, 4) is 0 Å². The van der Waals surface area contributed by atoms with E-state index in [1.807, 2.05) is 91.0 Å². The van der Waals surface area contributed by atoms with Crippen molar-refractivity contribution in [1.29, 1.82) is 0 Å². The minimum Gasteiger partial charge on any atom is -0.466 e. The lowest BCUT2D eigenvalue weighted by Gasteiger charge is -2.52. The van der Waals surface area contributed by atoms with E-state index >= 15 is 0 Å². The zero-order chi connectivity index (χ0) is 30.5. The van der Waals surface area contributed by atoms with Crippen molar-refractivity contribution in [2.45, 2.75) is 69.6 Å². The molecule has 4 rings (SSSR count). The fourth-order valence-corrected chi connectivity index (χ4v) is 4.98. The van der Waals surface area contributed by atoms with Crippen LogP contribution in [0.15, 0.2) is 96.1 Å². The summed E-state index contributed by atoms with van der Waals surface area (Å²) in [6, 6.07) is 28.4. The first-order valence-corrected chi connectivity index (χ1v) is 14.1. The van der Waals surface area contributed by atoms with Crippen LogP contribution in [0.25, 0.3) is 10.4 Å². The van der Waals surface area contributed by atoms with E-state index in [0.717, 1.165) is 16.7 Å². The Labute approximate surface area is 250 Å². The number of azide groups is 1. The number of rotatable bonds is 15. The smallest absolute Gasteiger partial charge is 0.308 e. The largest absolute Gasteiger partial charge is 0.466 e. The number of carbonyl (C=O) groups is 1. The maximum absolute atomic E-state index is 12.5. The van der Waals surface area contributed by atoms with Crippen molar-refractivity contribution in [2.24, 2.45) is 5.11 Å². The van der Waals surface area contributed by atoms with Crippen LogP contribution in [0, 0.1) is 0 Å². The second kappa shape index (κ2) is 16.2. The first-order valence-electron chi connectivity index (χ1n) is 14.1. The zero-order valence-electron chi connectivity index (χ0n) is 24.2. The average Bonchev–Trinajstić information content (AvgIpc) is 3.04.